The molecule has 0 aromatic heterocycles. The number of carbonyl (C=O) groups excluding carboxylic acids is 1. The van der Waals surface area contributed by atoms with Gasteiger partial charge in [0.25, 0.3) is 0 Å². The van der Waals surface area contributed by atoms with Crippen molar-refractivity contribution in [1.82, 2.24) is 0 Å². The van der Waals surface area contributed by atoms with Crippen molar-refractivity contribution in [2.75, 3.05) is 0 Å². The van der Waals surface area contributed by atoms with Gasteiger partial charge in [0.05, 0.1) is 6.10 Å². The SMILES string of the molecule is C[C@]12C[C@@H](F)C(=O)C[C@@H]1CC[C@@H]1[C@@H]2CC[C@]2(C)[C@@H](O)CC[C@@H]12. The summed E-state index contributed by atoms with van der Waals surface area (Å²) < 4.78 is 14.2. The van der Waals surface area contributed by atoms with E-state index in [1.165, 1.54) is 6.42 Å². The van der Waals surface area contributed by atoms with Crippen LogP contribution in [-0.4, -0.2) is 23.2 Å². The Morgan fingerprint density at radius 3 is 2.55 bits per heavy atom. The Morgan fingerprint density at radius 1 is 1.05 bits per heavy atom. The topological polar surface area (TPSA) is 37.3 Å². The maximum Gasteiger partial charge on any atom is 0.167 e. The molecule has 22 heavy (non-hydrogen) atoms. The Morgan fingerprint density at radius 2 is 1.77 bits per heavy atom. The molecule has 4 rings (SSSR count). The monoisotopic (exact) mass is 308 g/mol. The van der Waals surface area contributed by atoms with Gasteiger partial charge in [-0.2, -0.15) is 0 Å². The molecule has 0 spiro atoms. The van der Waals surface area contributed by atoms with E-state index < -0.39 is 6.17 Å². The van der Waals surface area contributed by atoms with E-state index in [1.54, 1.807) is 0 Å². The molecule has 0 aliphatic heterocycles. The van der Waals surface area contributed by atoms with Gasteiger partial charge in [0, 0.05) is 6.42 Å². The van der Waals surface area contributed by atoms with Crippen molar-refractivity contribution in [3.63, 3.8) is 0 Å². The molecule has 4 aliphatic carbocycles. The highest BCUT2D eigenvalue weighted by molar-refractivity contribution is 5.84. The Kier molecular flexibility index (Phi) is 3.28. The van der Waals surface area contributed by atoms with E-state index >= 15 is 0 Å². The van der Waals surface area contributed by atoms with Crippen LogP contribution >= 0.6 is 0 Å². The summed E-state index contributed by atoms with van der Waals surface area (Å²) in [7, 11) is 0. The molecule has 2 nitrogen and oxygen atoms in total. The molecule has 0 unspecified atom stereocenters. The number of hydrogen-bond acceptors (Lipinski definition) is 2. The van der Waals surface area contributed by atoms with Crippen molar-refractivity contribution >= 4 is 5.78 Å². The van der Waals surface area contributed by atoms with Crippen molar-refractivity contribution in [3.05, 3.63) is 0 Å². The van der Waals surface area contributed by atoms with E-state index in [9.17, 15) is 14.3 Å². The molecule has 0 saturated heterocycles. The summed E-state index contributed by atoms with van der Waals surface area (Å²) in [6, 6.07) is 0. The summed E-state index contributed by atoms with van der Waals surface area (Å²) in [6.07, 6.45) is 6.06. The second-order valence-electron chi connectivity index (χ2n) is 9.14. The summed E-state index contributed by atoms with van der Waals surface area (Å²) in [4.78, 5) is 11.8. The molecular weight excluding hydrogens is 279 g/mol. The summed E-state index contributed by atoms with van der Waals surface area (Å²) >= 11 is 0. The van der Waals surface area contributed by atoms with Crippen LogP contribution in [0.5, 0.6) is 0 Å². The van der Waals surface area contributed by atoms with Gasteiger partial charge in [-0.1, -0.05) is 13.8 Å². The molecule has 4 fully saturated rings. The third-order valence-corrected chi connectivity index (χ3v) is 8.43. The first kappa shape index (κ1) is 15.1. The van der Waals surface area contributed by atoms with Crippen LogP contribution in [0.25, 0.3) is 0 Å². The van der Waals surface area contributed by atoms with E-state index in [1.807, 2.05) is 0 Å². The standard InChI is InChI=1S/C19H29FO2/c1-18-8-7-14-12(13(18)5-6-17(18)22)4-3-11-9-16(21)15(20)10-19(11,14)2/h11-15,17,22H,3-10H2,1-2H3/t11-,12-,13-,14-,15+,17-,18-,19-/m0/s1. The predicted octanol–water partition coefficient (Wildman–Crippen LogP) is 3.91. The summed E-state index contributed by atoms with van der Waals surface area (Å²) in [6.45, 7) is 4.55. The lowest BCUT2D eigenvalue weighted by atomic mass is 9.45. The largest absolute Gasteiger partial charge is 0.393 e. The number of alkyl halides is 1. The molecule has 0 bridgehead atoms. The highest BCUT2D eigenvalue weighted by atomic mass is 19.1. The number of carbonyl (C=O) groups is 1. The van der Waals surface area contributed by atoms with Gasteiger partial charge in [-0.15, -0.1) is 0 Å². The summed E-state index contributed by atoms with van der Waals surface area (Å²) in [5.74, 6) is 2.04. The molecule has 4 saturated carbocycles. The maximum absolute atomic E-state index is 14.2. The fraction of sp³-hybridized carbons (Fsp3) is 0.947. The van der Waals surface area contributed by atoms with Gasteiger partial charge in [-0.05, 0) is 79.4 Å². The fourth-order valence-electron chi connectivity index (χ4n) is 7.03. The Hall–Kier alpha value is -0.440. The number of aliphatic hydroxyl groups is 1. The van der Waals surface area contributed by atoms with Crippen molar-refractivity contribution < 1.29 is 14.3 Å². The second kappa shape index (κ2) is 4.78. The molecule has 124 valence electrons. The lowest BCUT2D eigenvalue weighted by Gasteiger charge is -2.60. The van der Waals surface area contributed by atoms with Crippen LogP contribution in [0.2, 0.25) is 0 Å². The molecule has 0 heterocycles. The van der Waals surface area contributed by atoms with Crippen LogP contribution in [0.15, 0.2) is 0 Å². The van der Waals surface area contributed by atoms with Crippen molar-refractivity contribution in [2.45, 2.75) is 77.5 Å². The van der Waals surface area contributed by atoms with E-state index in [2.05, 4.69) is 13.8 Å². The Labute approximate surface area is 132 Å². The molecule has 0 radical (unpaired) electrons. The lowest BCUT2D eigenvalue weighted by molar-refractivity contribution is -0.151. The summed E-state index contributed by atoms with van der Waals surface area (Å²) in [5, 5.41) is 10.4. The fourth-order valence-corrected chi connectivity index (χ4v) is 7.03. The van der Waals surface area contributed by atoms with Crippen LogP contribution in [0.4, 0.5) is 4.39 Å². The number of halogens is 1. The Balaban J connectivity index is 1.65. The third-order valence-electron chi connectivity index (χ3n) is 8.43. The van der Waals surface area contributed by atoms with Crippen LogP contribution < -0.4 is 0 Å². The van der Waals surface area contributed by atoms with Crippen LogP contribution in [-0.2, 0) is 4.79 Å². The van der Waals surface area contributed by atoms with Gasteiger partial charge < -0.3 is 5.11 Å². The molecule has 0 aromatic carbocycles. The maximum atomic E-state index is 14.2. The van der Waals surface area contributed by atoms with E-state index in [0.717, 1.165) is 32.1 Å². The number of hydrogen-bond donors (Lipinski definition) is 1. The number of ketones is 1. The summed E-state index contributed by atoms with van der Waals surface area (Å²) in [5.41, 5.74) is 0.0923. The minimum absolute atomic E-state index is 0.00508. The second-order valence-corrected chi connectivity index (χ2v) is 9.14. The van der Waals surface area contributed by atoms with Crippen LogP contribution in [0, 0.1) is 34.5 Å². The molecule has 3 heteroatoms. The smallest absolute Gasteiger partial charge is 0.167 e. The van der Waals surface area contributed by atoms with E-state index in [4.69, 9.17) is 0 Å². The number of fused-ring (bicyclic) bond motifs is 5. The van der Waals surface area contributed by atoms with Crippen molar-refractivity contribution in [3.8, 4) is 0 Å². The van der Waals surface area contributed by atoms with Gasteiger partial charge in [0.15, 0.2) is 12.0 Å². The molecule has 0 amide bonds. The zero-order chi connectivity index (χ0) is 15.7. The quantitative estimate of drug-likeness (QED) is 0.737. The zero-order valence-corrected chi connectivity index (χ0v) is 13.9. The Bertz CT molecular complexity index is 492. The van der Waals surface area contributed by atoms with Crippen molar-refractivity contribution in [1.29, 1.82) is 0 Å². The normalized spacial score (nSPS) is 57.9. The number of aliphatic hydroxyl groups excluding tert-OH is 1. The highest BCUT2D eigenvalue weighted by Gasteiger charge is 2.61. The average Bonchev–Trinajstić information content (AvgIpc) is 2.77. The molecule has 4 aliphatic rings. The average molecular weight is 308 g/mol. The van der Waals surface area contributed by atoms with Crippen molar-refractivity contribution in [2.24, 2.45) is 34.5 Å². The van der Waals surface area contributed by atoms with E-state index in [0.29, 0.717) is 36.5 Å². The minimum Gasteiger partial charge on any atom is -0.393 e. The number of rotatable bonds is 0. The first-order valence-electron chi connectivity index (χ1n) is 9.21. The van der Waals surface area contributed by atoms with Crippen LogP contribution in [0.1, 0.15) is 65.2 Å². The lowest BCUT2D eigenvalue weighted by Crippen LogP contribution is -2.55. The zero-order valence-electron chi connectivity index (χ0n) is 13.9. The van der Waals surface area contributed by atoms with E-state index in [-0.39, 0.29) is 22.7 Å². The first-order chi connectivity index (χ1) is 10.4. The van der Waals surface area contributed by atoms with Gasteiger partial charge in [-0.3, -0.25) is 4.79 Å². The molecule has 8 atom stereocenters. The molecule has 1 N–H and O–H groups in total. The minimum atomic E-state index is -1.23. The van der Waals surface area contributed by atoms with Gasteiger partial charge >= 0.3 is 0 Å². The predicted molar refractivity (Wildman–Crippen MR) is 83.0 cm³/mol. The molecule has 0 aromatic rings. The van der Waals surface area contributed by atoms with Gasteiger partial charge in [0.2, 0.25) is 0 Å². The highest BCUT2D eigenvalue weighted by Crippen LogP contribution is 2.66. The number of Topliss-reactive ketones (excluding diaryl/α,β-unsaturated/α-hetero) is 1. The third kappa shape index (κ3) is 1.84. The molecular formula is C19H29FO2. The van der Waals surface area contributed by atoms with Crippen LogP contribution in [0.3, 0.4) is 0 Å². The van der Waals surface area contributed by atoms with Gasteiger partial charge in [0.1, 0.15) is 0 Å². The first-order valence-corrected chi connectivity index (χ1v) is 9.21. The van der Waals surface area contributed by atoms with Gasteiger partial charge in [-0.25, -0.2) is 4.39 Å².